The number of phenols is 1. The second-order valence-electron chi connectivity index (χ2n) is 3.98. The van der Waals surface area contributed by atoms with Crippen molar-refractivity contribution in [3.8, 4) is 5.75 Å². The van der Waals surface area contributed by atoms with E-state index in [1.165, 1.54) is 0 Å². The lowest BCUT2D eigenvalue weighted by Gasteiger charge is -1.94. The van der Waals surface area contributed by atoms with Crippen LogP contribution in [0.2, 0.25) is 0 Å². The van der Waals surface area contributed by atoms with Crippen molar-refractivity contribution >= 4 is 16.7 Å². The second-order valence-corrected chi connectivity index (χ2v) is 3.98. The van der Waals surface area contributed by atoms with Gasteiger partial charge in [-0.05, 0) is 30.7 Å². The maximum Gasteiger partial charge on any atom is 0.179 e. The number of hydrogen-bond donors (Lipinski definition) is 2. The second kappa shape index (κ2) is 4.39. The van der Waals surface area contributed by atoms with Crippen LogP contribution in [0.15, 0.2) is 24.3 Å². The Labute approximate surface area is 94.1 Å². The zero-order chi connectivity index (χ0) is 11.5. The quantitative estimate of drug-likeness (QED) is 0.772. The zero-order valence-corrected chi connectivity index (χ0v) is 9.29. The van der Waals surface area contributed by atoms with Crippen LogP contribution >= 0.6 is 0 Å². The van der Waals surface area contributed by atoms with Crippen LogP contribution < -0.4 is 0 Å². The van der Waals surface area contributed by atoms with E-state index in [0.717, 1.165) is 23.7 Å². The van der Waals surface area contributed by atoms with E-state index in [0.29, 0.717) is 12.1 Å². The lowest BCUT2D eigenvalue weighted by atomic mass is 10.1. The minimum atomic E-state index is 0.137. The number of fused-ring (bicyclic) bond motifs is 1. The smallest absolute Gasteiger partial charge is 0.179 e. The van der Waals surface area contributed by atoms with Crippen molar-refractivity contribution in [2.45, 2.75) is 26.2 Å². The fraction of sp³-hybridized carbons (Fsp3) is 0.308. The molecular formula is C13H15NO2. The minimum absolute atomic E-state index is 0.137. The molecule has 0 aliphatic carbocycles. The van der Waals surface area contributed by atoms with E-state index in [2.05, 4.69) is 11.9 Å². The van der Waals surface area contributed by atoms with Crippen molar-refractivity contribution in [3.05, 3.63) is 30.0 Å². The zero-order valence-electron chi connectivity index (χ0n) is 9.29. The van der Waals surface area contributed by atoms with Gasteiger partial charge < -0.3 is 10.1 Å². The van der Waals surface area contributed by atoms with Crippen LogP contribution in [-0.4, -0.2) is 15.9 Å². The Kier molecular flexibility index (Phi) is 2.95. The highest BCUT2D eigenvalue weighted by Crippen LogP contribution is 2.21. The number of hydrogen-bond acceptors (Lipinski definition) is 2. The molecule has 0 saturated carbocycles. The summed E-state index contributed by atoms with van der Waals surface area (Å²) in [5.74, 6) is 0.358. The number of nitrogens with one attached hydrogen (secondary N) is 1. The van der Waals surface area contributed by atoms with Crippen LogP contribution in [0, 0.1) is 0 Å². The van der Waals surface area contributed by atoms with Crippen molar-refractivity contribution < 1.29 is 9.90 Å². The van der Waals surface area contributed by atoms with Crippen molar-refractivity contribution in [1.82, 2.24) is 4.98 Å². The molecule has 3 heteroatoms. The molecule has 1 aromatic carbocycles. The van der Waals surface area contributed by atoms with Gasteiger partial charge >= 0.3 is 0 Å². The highest BCUT2D eigenvalue weighted by molar-refractivity contribution is 5.99. The molecule has 2 N–H and O–H groups in total. The molecule has 0 radical (unpaired) electrons. The lowest BCUT2D eigenvalue weighted by molar-refractivity contribution is 0.0976. The molecule has 84 valence electrons. The van der Waals surface area contributed by atoms with E-state index >= 15 is 0 Å². The molecule has 0 aliphatic heterocycles. The number of phenolic OH excluding ortho intramolecular Hbond substituents is 1. The van der Waals surface area contributed by atoms with Gasteiger partial charge in [-0.2, -0.15) is 0 Å². The number of H-pyrrole nitrogens is 1. The van der Waals surface area contributed by atoms with Crippen LogP contribution in [0.1, 0.15) is 36.7 Å². The predicted octanol–water partition coefficient (Wildman–Crippen LogP) is 3.25. The monoisotopic (exact) mass is 217 g/mol. The van der Waals surface area contributed by atoms with Gasteiger partial charge in [0, 0.05) is 17.3 Å². The molecule has 16 heavy (non-hydrogen) atoms. The first-order valence-corrected chi connectivity index (χ1v) is 5.55. The van der Waals surface area contributed by atoms with Crippen LogP contribution in [-0.2, 0) is 0 Å². The van der Waals surface area contributed by atoms with Crippen LogP contribution in [0.25, 0.3) is 10.9 Å². The van der Waals surface area contributed by atoms with E-state index in [1.54, 1.807) is 24.3 Å². The van der Waals surface area contributed by atoms with E-state index in [-0.39, 0.29) is 11.5 Å². The molecule has 0 bridgehead atoms. The van der Waals surface area contributed by atoms with E-state index < -0.39 is 0 Å². The summed E-state index contributed by atoms with van der Waals surface area (Å²) in [6, 6.07) is 6.84. The van der Waals surface area contributed by atoms with Crippen LogP contribution in [0.3, 0.4) is 0 Å². The summed E-state index contributed by atoms with van der Waals surface area (Å²) in [6.45, 7) is 2.07. The molecular weight excluding hydrogens is 202 g/mol. The summed E-state index contributed by atoms with van der Waals surface area (Å²) in [5.41, 5.74) is 1.52. The largest absolute Gasteiger partial charge is 0.508 e. The van der Waals surface area contributed by atoms with Gasteiger partial charge in [-0.3, -0.25) is 4.79 Å². The predicted molar refractivity (Wildman–Crippen MR) is 63.8 cm³/mol. The van der Waals surface area contributed by atoms with Gasteiger partial charge in [-0.15, -0.1) is 0 Å². The van der Waals surface area contributed by atoms with Gasteiger partial charge in [0.1, 0.15) is 5.75 Å². The summed E-state index contributed by atoms with van der Waals surface area (Å²) >= 11 is 0. The van der Waals surface area contributed by atoms with E-state index in [9.17, 15) is 9.90 Å². The summed E-state index contributed by atoms with van der Waals surface area (Å²) in [6.07, 6.45) is 2.52. The number of ketones is 1. The molecule has 3 nitrogen and oxygen atoms in total. The Balaban J connectivity index is 2.28. The first kappa shape index (κ1) is 10.7. The van der Waals surface area contributed by atoms with E-state index in [4.69, 9.17) is 0 Å². The van der Waals surface area contributed by atoms with Gasteiger partial charge in [0.15, 0.2) is 5.78 Å². The van der Waals surface area contributed by atoms with Gasteiger partial charge in [0.25, 0.3) is 0 Å². The molecule has 0 saturated heterocycles. The molecule has 0 unspecified atom stereocenters. The first-order chi connectivity index (χ1) is 7.70. The molecule has 2 aromatic rings. The van der Waals surface area contributed by atoms with Crippen molar-refractivity contribution in [3.63, 3.8) is 0 Å². The van der Waals surface area contributed by atoms with Gasteiger partial charge in [0.05, 0.1) is 5.69 Å². The molecule has 0 spiro atoms. The van der Waals surface area contributed by atoms with Gasteiger partial charge in [-0.25, -0.2) is 0 Å². The molecule has 0 fully saturated rings. The average molecular weight is 217 g/mol. The Morgan fingerprint density at radius 1 is 1.38 bits per heavy atom. The number of aromatic amines is 1. The molecule has 2 rings (SSSR count). The summed E-state index contributed by atoms with van der Waals surface area (Å²) in [7, 11) is 0. The van der Waals surface area contributed by atoms with Crippen molar-refractivity contribution in [2.24, 2.45) is 0 Å². The third kappa shape index (κ3) is 2.08. The SMILES string of the molecule is CCCCC(=O)c1cc2cc(O)ccc2[nH]1. The van der Waals surface area contributed by atoms with Gasteiger partial charge in [0.2, 0.25) is 0 Å². The maximum absolute atomic E-state index is 11.8. The fourth-order valence-corrected chi connectivity index (χ4v) is 1.74. The number of carbonyl (C=O) groups is 1. The van der Waals surface area contributed by atoms with Crippen LogP contribution in [0.5, 0.6) is 5.75 Å². The average Bonchev–Trinajstić information content (AvgIpc) is 2.68. The Hall–Kier alpha value is -1.77. The molecule has 1 heterocycles. The topological polar surface area (TPSA) is 53.1 Å². The standard InChI is InChI=1S/C13H15NO2/c1-2-3-4-13(16)12-8-9-7-10(15)5-6-11(9)14-12/h5-8,14-15H,2-4H2,1H3. The summed E-state index contributed by atoms with van der Waals surface area (Å²) in [5, 5.41) is 10.2. The van der Waals surface area contributed by atoms with Crippen LogP contribution in [0.4, 0.5) is 0 Å². The Morgan fingerprint density at radius 3 is 2.94 bits per heavy atom. The third-order valence-electron chi connectivity index (χ3n) is 2.66. The summed E-state index contributed by atoms with van der Waals surface area (Å²) in [4.78, 5) is 14.8. The molecule has 0 aliphatic rings. The first-order valence-electron chi connectivity index (χ1n) is 5.55. The van der Waals surface area contributed by atoms with Crippen molar-refractivity contribution in [1.29, 1.82) is 0 Å². The number of unbranched alkanes of at least 4 members (excludes halogenated alkanes) is 1. The fourth-order valence-electron chi connectivity index (χ4n) is 1.74. The number of aromatic hydroxyl groups is 1. The number of aromatic nitrogens is 1. The molecule has 0 atom stereocenters. The Bertz CT molecular complexity index is 514. The minimum Gasteiger partial charge on any atom is -0.508 e. The highest BCUT2D eigenvalue weighted by Gasteiger charge is 2.08. The van der Waals surface area contributed by atoms with Gasteiger partial charge in [-0.1, -0.05) is 13.3 Å². The number of Topliss-reactive ketones (excluding diaryl/α,β-unsaturated/α-hetero) is 1. The highest BCUT2D eigenvalue weighted by atomic mass is 16.3. The third-order valence-corrected chi connectivity index (χ3v) is 2.66. The number of carbonyl (C=O) groups excluding carboxylic acids is 1. The number of rotatable bonds is 4. The normalized spacial score (nSPS) is 10.8. The Morgan fingerprint density at radius 2 is 2.19 bits per heavy atom. The summed E-state index contributed by atoms with van der Waals surface area (Å²) < 4.78 is 0. The number of benzene rings is 1. The van der Waals surface area contributed by atoms with Crippen molar-refractivity contribution in [2.75, 3.05) is 0 Å². The lowest BCUT2D eigenvalue weighted by Crippen LogP contribution is -1.98. The molecule has 0 amide bonds. The maximum atomic E-state index is 11.8. The molecule has 1 aromatic heterocycles. The van der Waals surface area contributed by atoms with E-state index in [1.807, 2.05) is 0 Å².